The van der Waals surface area contributed by atoms with E-state index in [1.54, 1.807) is 4.90 Å². The van der Waals surface area contributed by atoms with E-state index in [0.29, 0.717) is 30.5 Å². The van der Waals surface area contributed by atoms with Gasteiger partial charge in [0.25, 0.3) is 5.91 Å². The number of aliphatic imine (C=N–C) groups is 2. The predicted molar refractivity (Wildman–Crippen MR) is 163 cm³/mol. The highest BCUT2D eigenvalue weighted by molar-refractivity contribution is 8.14. The molecule has 0 aromatic heterocycles. The lowest BCUT2D eigenvalue weighted by molar-refractivity contribution is -0.132. The summed E-state index contributed by atoms with van der Waals surface area (Å²) < 4.78 is 0. The molecule has 1 N–H and O–H groups in total. The number of rotatable bonds is 7. The Labute approximate surface area is 245 Å². The van der Waals surface area contributed by atoms with Crippen LogP contribution >= 0.6 is 11.8 Å². The number of carbonyl (C=O) groups is 3. The predicted octanol–water partition coefficient (Wildman–Crippen LogP) is 3.96. The SMILES string of the molecule is O=C(CSC1=Nc2ccccc2C2=N[C@@H](CCC(=O)N3CCN(c4ccccc4)CC3)C(=O)N12)NC1CCCCC1. The van der Waals surface area contributed by atoms with Gasteiger partial charge in [-0.15, -0.1) is 0 Å². The molecule has 0 spiro atoms. The Hall–Kier alpha value is -3.66. The maximum Gasteiger partial charge on any atom is 0.259 e. The second-order valence-corrected chi connectivity index (χ2v) is 11.9. The van der Waals surface area contributed by atoms with Crippen LogP contribution in [-0.4, -0.2) is 82.5 Å². The first-order valence-corrected chi connectivity index (χ1v) is 15.6. The van der Waals surface area contributed by atoms with Crippen LogP contribution in [-0.2, 0) is 14.4 Å². The van der Waals surface area contributed by atoms with Crippen LogP contribution in [0.5, 0.6) is 0 Å². The molecule has 2 aromatic carbocycles. The molecule has 1 atom stereocenters. The molecule has 0 radical (unpaired) electrons. The third-order valence-corrected chi connectivity index (χ3v) is 9.17. The molecule has 10 heteroatoms. The lowest BCUT2D eigenvalue weighted by atomic mass is 9.95. The van der Waals surface area contributed by atoms with Crippen molar-refractivity contribution in [1.29, 1.82) is 0 Å². The van der Waals surface area contributed by atoms with Gasteiger partial charge in [0.05, 0.1) is 11.4 Å². The standard InChI is InChI=1S/C31H36N6O3S/c38-27(32-22-9-3-1-4-10-22)21-41-31-34-25-14-8-7-13-24(25)29-33-26(30(40)37(29)31)15-16-28(39)36-19-17-35(18-20-36)23-11-5-2-6-12-23/h2,5-8,11-14,22,26H,1,3-4,9-10,15-21H2,(H,32,38)/t26-/m0/s1. The van der Waals surface area contributed by atoms with E-state index < -0.39 is 6.04 Å². The third-order valence-electron chi connectivity index (χ3n) is 8.24. The topological polar surface area (TPSA) is 97.7 Å². The number of piperazine rings is 1. The number of anilines is 1. The Balaban J connectivity index is 1.07. The van der Waals surface area contributed by atoms with E-state index >= 15 is 0 Å². The zero-order valence-electron chi connectivity index (χ0n) is 23.2. The van der Waals surface area contributed by atoms with Crippen molar-refractivity contribution >= 4 is 51.9 Å². The number of fused-ring (bicyclic) bond motifs is 3. The number of benzene rings is 2. The Kier molecular flexibility index (Phi) is 8.36. The minimum absolute atomic E-state index is 0.0388. The van der Waals surface area contributed by atoms with Crippen molar-refractivity contribution in [3.8, 4) is 0 Å². The van der Waals surface area contributed by atoms with Crippen molar-refractivity contribution in [2.45, 2.75) is 57.0 Å². The van der Waals surface area contributed by atoms with Crippen LogP contribution in [0.3, 0.4) is 0 Å². The highest BCUT2D eigenvalue weighted by atomic mass is 32.2. The second-order valence-electron chi connectivity index (χ2n) is 11.0. The van der Waals surface area contributed by atoms with Crippen LogP contribution < -0.4 is 10.2 Å². The highest BCUT2D eigenvalue weighted by Gasteiger charge is 2.41. The number of amidine groups is 2. The van der Waals surface area contributed by atoms with Gasteiger partial charge in [0.1, 0.15) is 11.9 Å². The molecule has 2 fully saturated rings. The number of para-hydroxylation sites is 2. The van der Waals surface area contributed by atoms with E-state index in [4.69, 9.17) is 9.98 Å². The van der Waals surface area contributed by atoms with Gasteiger partial charge in [-0.25, -0.2) is 9.89 Å². The lowest BCUT2D eigenvalue weighted by Crippen LogP contribution is -2.49. The zero-order chi connectivity index (χ0) is 28.2. The van der Waals surface area contributed by atoms with E-state index in [0.717, 1.165) is 50.0 Å². The average Bonchev–Trinajstić information content (AvgIpc) is 3.36. The maximum absolute atomic E-state index is 13.6. The van der Waals surface area contributed by atoms with Gasteiger partial charge in [0, 0.05) is 49.9 Å². The summed E-state index contributed by atoms with van der Waals surface area (Å²) >= 11 is 1.27. The van der Waals surface area contributed by atoms with Gasteiger partial charge in [0.15, 0.2) is 5.17 Å². The molecule has 1 saturated carbocycles. The quantitative estimate of drug-likeness (QED) is 0.542. The van der Waals surface area contributed by atoms with Crippen LogP contribution in [0.4, 0.5) is 11.4 Å². The minimum Gasteiger partial charge on any atom is -0.368 e. The van der Waals surface area contributed by atoms with E-state index in [2.05, 4.69) is 22.3 Å². The monoisotopic (exact) mass is 572 g/mol. The molecule has 214 valence electrons. The van der Waals surface area contributed by atoms with Gasteiger partial charge in [0.2, 0.25) is 11.8 Å². The summed E-state index contributed by atoms with van der Waals surface area (Å²) in [6, 6.07) is 17.4. The van der Waals surface area contributed by atoms with Gasteiger partial charge in [-0.1, -0.05) is 61.4 Å². The largest absolute Gasteiger partial charge is 0.368 e. The lowest BCUT2D eigenvalue weighted by Gasteiger charge is -2.36. The molecule has 4 aliphatic rings. The third kappa shape index (κ3) is 6.17. The van der Waals surface area contributed by atoms with Gasteiger partial charge in [-0.2, -0.15) is 0 Å². The number of amides is 3. The summed E-state index contributed by atoms with van der Waals surface area (Å²) in [5.74, 6) is 0.578. The van der Waals surface area contributed by atoms with Gasteiger partial charge in [-0.3, -0.25) is 19.4 Å². The molecule has 3 aliphatic heterocycles. The fourth-order valence-corrected chi connectivity index (χ4v) is 6.82. The summed E-state index contributed by atoms with van der Waals surface area (Å²) in [5.41, 5.74) is 2.70. The molecular weight excluding hydrogens is 536 g/mol. The number of nitrogens with one attached hydrogen (secondary N) is 1. The van der Waals surface area contributed by atoms with E-state index in [9.17, 15) is 14.4 Å². The number of hydrogen-bond donors (Lipinski definition) is 1. The Bertz CT molecular complexity index is 1350. The average molecular weight is 573 g/mol. The molecule has 1 aliphatic carbocycles. The number of carbonyl (C=O) groups excluding carboxylic acids is 3. The Morgan fingerprint density at radius 2 is 1.66 bits per heavy atom. The molecular formula is C31H36N6O3S. The number of hydrogen-bond acceptors (Lipinski definition) is 7. The van der Waals surface area contributed by atoms with Gasteiger partial charge in [-0.05, 0) is 43.5 Å². The van der Waals surface area contributed by atoms with Crippen molar-refractivity contribution in [3.63, 3.8) is 0 Å². The molecule has 0 bridgehead atoms. The summed E-state index contributed by atoms with van der Waals surface area (Å²) in [6.07, 6.45) is 6.18. The maximum atomic E-state index is 13.6. The molecule has 2 aromatic rings. The van der Waals surface area contributed by atoms with E-state index in [1.165, 1.54) is 23.9 Å². The minimum atomic E-state index is -0.646. The molecule has 3 heterocycles. The first-order chi connectivity index (χ1) is 20.1. The van der Waals surface area contributed by atoms with Gasteiger partial charge >= 0.3 is 0 Å². The summed E-state index contributed by atoms with van der Waals surface area (Å²) in [6.45, 7) is 2.90. The second kappa shape index (κ2) is 12.5. The van der Waals surface area contributed by atoms with E-state index in [1.807, 2.05) is 47.4 Å². The fourth-order valence-electron chi connectivity index (χ4n) is 6.00. The molecule has 6 rings (SSSR count). The van der Waals surface area contributed by atoms with Crippen molar-refractivity contribution in [2.24, 2.45) is 9.98 Å². The van der Waals surface area contributed by atoms with Crippen LogP contribution in [0.1, 0.15) is 50.5 Å². The fraction of sp³-hybridized carbons (Fsp3) is 0.452. The molecule has 1 saturated heterocycles. The zero-order valence-corrected chi connectivity index (χ0v) is 24.0. The van der Waals surface area contributed by atoms with Crippen molar-refractivity contribution in [2.75, 3.05) is 36.8 Å². The van der Waals surface area contributed by atoms with Crippen LogP contribution in [0.2, 0.25) is 0 Å². The first kappa shape index (κ1) is 27.5. The highest BCUT2D eigenvalue weighted by Crippen LogP contribution is 2.34. The Morgan fingerprint density at radius 1 is 0.927 bits per heavy atom. The summed E-state index contributed by atoms with van der Waals surface area (Å²) in [4.78, 5) is 54.6. The first-order valence-electron chi connectivity index (χ1n) is 14.7. The summed E-state index contributed by atoms with van der Waals surface area (Å²) in [7, 11) is 0. The van der Waals surface area contributed by atoms with Crippen LogP contribution in [0.15, 0.2) is 64.6 Å². The van der Waals surface area contributed by atoms with E-state index in [-0.39, 0.29) is 35.9 Å². The molecule has 3 amide bonds. The van der Waals surface area contributed by atoms with Gasteiger partial charge < -0.3 is 15.1 Å². The molecule has 9 nitrogen and oxygen atoms in total. The number of thioether (sulfide) groups is 1. The molecule has 41 heavy (non-hydrogen) atoms. The van der Waals surface area contributed by atoms with Crippen LogP contribution in [0.25, 0.3) is 0 Å². The normalized spacial score (nSPS) is 20.7. The van der Waals surface area contributed by atoms with Crippen molar-refractivity contribution in [3.05, 3.63) is 60.2 Å². The Morgan fingerprint density at radius 3 is 2.44 bits per heavy atom. The number of nitrogens with zero attached hydrogens (tertiary/aromatic N) is 5. The molecule has 0 unspecified atom stereocenters. The van der Waals surface area contributed by atoms with Crippen molar-refractivity contribution in [1.82, 2.24) is 15.1 Å². The van der Waals surface area contributed by atoms with Crippen molar-refractivity contribution < 1.29 is 14.4 Å². The van der Waals surface area contributed by atoms with Crippen LogP contribution in [0, 0.1) is 0 Å². The smallest absolute Gasteiger partial charge is 0.259 e. The summed E-state index contributed by atoms with van der Waals surface area (Å²) in [5, 5.41) is 3.61.